The summed E-state index contributed by atoms with van der Waals surface area (Å²) in [6.07, 6.45) is 11.1. The third kappa shape index (κ3) is 5.73. The molecular weight excluding hydrogens is 430 g/mol. The van der Waals surface area contributed by atoms with E-state index in [1.807, 2.05) is 0 Å². The minimum atomic E-state index is -0.314. The van der Waals surface area contributed by atoms with Gasteiger partial charge in [0.1, 0.15) is 5.75 Å². The van der Waals surface area contributed by atoms with Crippen molar-refractivity contribution < 1.29 is 14.5 Å². The Bertz CT molecular complexity index is 836. The number of benzene rings is 1. The highest BCUT2D eigenvalue weighted by molar-refractivity contribution is 5.83. The van der Waals surface area contributed by atoms with Crippen LogP contribution < -0.4 is 10.1 Å². The molecule has 0 saturated heterocycles. The lowest BCUT2D eigenvalue weighted by Crippen LogP contribution is -2.53. The van der Waals surface area contributed by atoms with E-state index in [0.717, 1.165) is 82.5 Å². The van der Waals surface area contributed by atoms with Gasteiger partial charge in [0.2, 0.25) is 5.91 Å². The molecule has 4 bridgehead atoms. The molecule has 5 rings (SSSR count). The van der Waals surface area contributed by atoms with Crippen LogP contribution in [0.5, 0.6) is 5.75 Å². The SMILES string of the molecule is CCCN(CCCCNC(=O)C12CC3CC(CC(C3)C1)C2)CCc1cc(OC)ccc1[N+](=O)[O-]. The van der Waals surface area contributed by atoms with E-state index in [0.29, 0.717) is 23.6 Å². The Balaban J connectivity index is 1.21. The minimum absolute atomic E-state index is 0.0611. The number of rotatable bonds is 13. The first kappa shape index (κ1) is 25.0. The van der Waals surface area contributed by atoms with Crippen molar-refractivity contribution in [2.75, 3.05) is 33.3 Å². The second kappa shape index (κ2) is 11.1. The fraction of sp³-hybridized carbons (Fsp3) is 0.741. The minimum Gasteiger partial charge on any atom is -0.497 e. The molecule has 1 aromatic rings. The number of hydrogen-bond acceptors (Lipinski definition) is 5. The van der Waals surface area contributed by atoms with Crippen LogP contribution in [0, 0.1) is 33.3 Å². The second-order valence-corrected chi connectivity index (χ2v) is 11.0. The van der Waals surface area contributed by atoms with Crippen molar-refractivity contribution in [3.63, 3.8) is 0 Å². The normalized spacial score (nSPS) is 27.2. The monoisotopic (exact) mass is 471 g/mol. The van der Waals surface area contributed by atoms with E-state index in [1.54, 1.807) is 19.2 Å². The zero-order valence-corrected chi connectivity index (χ0v) is 20.9. The quantitative estimate of drug-likeness (QED) is 0.249. The lowest BCUT2D eigenvalue weighted by molar-refractivity contribution is -0.385. The molecule has 0 spiro atoms. The Morgan fingerprint density at radius 2 is 1.79 bits per heavy atom. The molecular formula is C27H41N3O4. The summed E-state index contributed by atoms with van der Waals surface area (Å²) in [5.74, 6) is 3.35. The van der Waals surface area contributed by atoms with E-state index in [2.05, 4.69) is 17.1 Å². The summed E-state index contributed by atoms with van der Waals surface area (Å²) in [4.78, 5) is 26.6. The maximum absolute atomic E-state index is 13.1. The molecule has 0 radical (unpaired) electrons. The largest absolute Gasteiger partial charge is 0.497 e. The van der Waals surface area contributed by atoms with Crippen molar-refractivity contribution in [1.29, 1.82) is 0 Å². The van der Waals surface area contributed by atoms with Crippen molar-refractivity contribution in [3.05, 3.63) is 33.9 Å². The van der Waals surface area contributed by atoms with Gasteiger partial charge in [-0.15, -0.1) is 0 Å². The van der Waals surface area contributed by atoms with Gasteiger partial charge < -0.3 is 15.0 Å². The van der Waals surface area contributed by atoms with E-state index in [1.165, 1.54) is 25.3 Å². The third-order valence-electron chi connectivity index (χ3n) is 8.43. The zero-order chi connectivity index (χ0) is 24.1. The van der Waals surface area contributed by atoms with E-state index in [9.17, 15) is 14.9 Å². The summed E-state index contributed by atoms with van der Waals surface area (Å²) in [5, 5.41) is 14.7. The number of nitrogens with one attached hydrogen (secondary N) is 1. The van der Waals surface area contributed by atoms with E-state index >= 15 is 0 Å². The van der Waals surface area contributed by atoms with Crippen LogP contribution >= 0.6 is 0 Å². The number of nitro groups is 1. The molecule has 0 heterocycles. The average molecular weight is 472 g/mol. The van der Waals surface area contributed by atoms with Gasteiger partial charge in [-0.1, -0.05) is 6.92 Å². The van der Waals surface area contributed by atoms with Gasteiger partial charge in [-0.25, -0.2) is 0 Å². The highest BCUT2D eigenvalue weighted by Crippen LogP contribution is 2.60. The van der Waals surface area contributed by atoms with Crippen LogP contribution in [0.15, 0.2) is 18.2 Å². The maximum Gasteiger partial charge on any atom is 0.272 e. The first-order valence-corrected chi connectivity index (χ1v) is 13.2. The van der Waals surface area contributed by atoms with E-state index in [-0.39, 0.29) is 16.0 Å². The van der Waals surface area contributed by atoms with Crippen LogP contribution in [0.1, 0.15) is 70.3 Å². The molecule has 7 heteroatoms. The number of ether oxygens (including phenoxy) is 1. The fourth-order valence-electron chi connectivity index (χ4n) is 7.24. The van der Waals surface area contributed by atoms with Gasteiger partial charge in [-0.05, 0) is 107 Å². The number of hydrogen-bond donors (Lipinski definition) is 1. The van der Waals surface area contributed by atoms with Crippen molar-refractivity contribution in [3.8, 4) is 5.75 Å². The van der Waals surface area contributed by atoms with Crippen molar-refractivity contribution in [2.24, 2.45) is 23.2 Å². The Kier molecular flexibility index (Phi) is 8.12. The molecule has 1 aromatic carbocycles. The van der Waals surface area contributed by atoms with Gasteiger partial charge in [0, 0.05) is 30.1 Å². The van der Waals surface area contributed by atoms with Gasteiger partial charge in [0.15, 0.2) is 0 Å². The van der Waals surface area contributed by atoms with Crippen molar-refractivity contribution in [2.45, 2.75) is 71.1 Å². The molecule has 1 N–H and O–H groups in total. The summed E-state index contributed by atoms with van der Waals surface area (Å²) in [6.45, 7) is 5.60. The summed E-state index contributed by atoms with van der Waals surface area (Å²) in [6, 6.07) is 4.95. The van der Waals surface area contributed by atoms with Crippen LogP contribution in [-0.2, 0) is 11.2 Å². The molecule has 0 atom stereocenters. The van der Waals surface area contributed by atoms with Crippen LogP contribution in [0.2, 0.25) is 0 Å². The molecule has 34 heavy (non-hydrogen) atoms. The number of unbranched alkanes of at least 4 members (excludes halogenated alkanes) is 1. The third-order valence-corrected chi connectivity index (χ3v) is 8.43. The van der Waals surface area contributed by atoms with Crippen LogP contribution in [0.4, 0.5) is 5.69 Å². The predicted molar refractivity (Wildman–Crippen MR) is 133 cm³/mol. The molecule has 4 aliphatic carbocycles. The fourth-order valence-corrected chi connectivity index (χ4v) is 7.24. The number of nitrogens with zero attached hydrogens (tertiary/aromatic N) is 2. The lowest BCUT2D eigenvalue weighted by Gasteiger charge is -2.55. The molecule has 4 aliphatic rings. The maximum atomic E-state index is 13.1. The van der Waals surface area contributed by atoms with E-state index in [4.69, 9.17) is 4.74 Å². The Morgan fingerprint density at radius 3 is 2.38 bits per heavy atom. The summed E-state index contributed by atoms with van der Waals surface area (Å²) >= 11 is 0. The van der Waals surface area contributed by atoms with Gasteiger partial charge in [0.25, 0.3) is 5.69 Å². The molecule has 1 amide bonds. The molecule has 0 aliphatic heterocycles. The smallest absolute Gasteiger partial charge is 0.272 e. The predicted octanol–water partition coefficient (Wildman–Crippen LogP) is 4.97. The number of methoxy groups -OCH3 is 1. The van der Waals surface area contributed by atoms with Crippen molar-refractivity contribution in [1.82, 2.24) is 10.2 Å². The highest BCUT2D eigenvalue weighted by Gasteiger charge is 2.54. The van der Waals surface area contributed by atoms with Crippen LogP contribution in [-0.4, -0.2) is 49.0 Å². The van der Waals surface area contributed by atoms with Crippen LogP contribution in [0.25, 0.3) is 0 Å². The topological polar surface area (TPSA) is 84.7 Å². The zero-order valence-electron chi connectivity index (χ0n) is 20.9. The molecule has 0 unspecified atom stereocenters. The highest BCUT2D eigenvalue weighted by atomic mass is 16.6. The Morgan fingerprint density at radius 1 is 1.12 bits per heavy atom. The summed E-state index contributed by atoms with van der Waals surface area (Å²) in [5.41, 5.74) is 0.812. The number of carbonyl (C=O) groups excluding carboxylic acids is 1. The molecule has 188 valence electrons. The van der Waals surface area contributed by atoms with Gasteiger partial charge in [-0.2, -0.15) is 0 Å². The van der Waals surface area contributed by atoms with Gasteiger partial charge in [-0.3, -0.25) is 14.9 Å². The first-order chi connectivity index (χ1) is 16.4. The van der Waals surface area contributed by atoms with Crippen molar-refractivity contribution >= 4 is 11.6 Å². The lowest BCUT2D eigenvalue weighted by atomic mass is 9.49. The molecule has 7 nitrogen and oxygen atoms in total. The summed E-state index contributed by atoms with van der Waals surface area (Å²) < 4.78 is 5.26. The molecule has 4 fully saturated rings. The van der Waals surface area contributed by atoms with Gasteiger partial charge >= 0.3 is 0 Å². The van der Waals surface area contributed by atoms with Crippen LogP contribution in [0.3, 0.4) is 0 Å². The number of nitro benzene ring substituents is 1. The second-order valence-electron chi connectivity index (χ2n) is 11.0. The summed E-state index contributed by atoms with van der Waals surface area (Å²) in [7, 11) is 1.58. The first-order valence-electron chi connectivity index (χ1n) is 13.2. The van der Waals surface area contributed by atoms with E-state index < -0.39 is 0 Å². The number of carbonyl (C=O) groups is 1. The average Bonchev–Trinajstić information content (AvgIpc) is 2.80. The number of amides is 1. The standard InChI is InChI=1S/C27H41N3O4/c1-3-10-29(12-8-23-16-24(34-2)6-7-25(23)30(32)33)11-5-4-9-28-26(31)27-17-20-13-21(18-27)15-22(14-20)19-27/h6-7,16,20-22H,3-5,8-15,17-19H2,1-2H3,(H,28,31). The molecule has 4 saturated carbocycles. The Labute approximate surface area is 203 Å². The van der Waals surface area contributed by atoms with Gasteiger partial charge in [0.05, 0.1) is 12.0 Å². The Hall–Kier alpha value is -2.15. The molecule has 0 aromatic heterocycles.